The summed E-state index contributed by atoms with van der Waals surface area (Å²) >= 11 is 0. The topological polar surface area (TPSA) is 25.6 Å². The molecule has 0 unspecified atom stereocenters. The van der Waals surface area contributed by atoms with Gasteiger partial charge in [-0.3, -0.25) is 0 Å². The predicted octanol–water partition coefficient (Wildman–Crippen LogP) is 15.6. The molecule has 3 nitrogen and oxygen atoms in total. The van der Waals surface area contributed by atoms with Gasteiger partial charge in [-0.1, -0.05) is 147 Å². The van der Waals surface area contributed by atoms with Crippen molar-refractivity contribution in [3.8, 4) is 56.0 Å². The first-order valence-corrected chi connectivity index (χ1v) is 18.9. The molecular formula is C55H37NO2. The van der Waals surface area contributed by atoms with Crippen molar-refractivity contribution in [2.75, 3.05) is 4.90 Å². The summed E-state index contributed by atoms with van der Waals surface area (Å²) in [4.78, 5) is 1.32. The van der Waals surface area contributed by atoms with Gasteiger partial charge < -0.3 is 14.1 Å². The molecule has 10 aromatic rings. The number of anilines is 3. The molecule has 3 heteroatoms. The number of fused-ring (bicyclic) bond motifs is 8. The highest BCUT2D eigenvalue weighted by Gasteiger charge is 2.36. The second-order valence-corrected chi connectivity index (χ2v) is 15.0. The van der Waals surface area contributed by atoms with Gasteiger partial charge in [-0.15, -0.1) is 0 Å². The Labute approximate surface area is 356 Å². The molecule has 0 N–H and O–H groups in total. The number of rotatable bonds is 5. The highest BCUT2D eigenvalue weighted by Crippen LogP contribution is 2.54. The van der Waals surface area contributed by atoms with Crippen LogP contribution in [0.15, 0.2) is 192 Å². The van der Waals surface area contributed by atoms with Gasteiger partial charge in [-0.25, -0.2) is 0 Å². The summed E-state index contributed by atoms with van der Waals surface area (Å²) in [5.74, 6) is 1.02. The van der Waals surface area contributed by atoms with Gasteiger partial charge in [0.15, 0.2) is 5.58 Å². The number of para-hydroxylation sites is 2. The minimum absolute atomic E-state index is 0.0138. The molecule has 274 valence electrons. The Hall–Kier alpha value is -7.36. The van der Waals surface area contributed by atoms with Gasteiger partial charge in [0.1, 0.15) is 17.1 Å². The molecule has 0 saturated carbocycles. The average molecular weight is 758 g/mol. The summed E-state index contributed by atoms with van der Waals surface area (Å²) in [5.41, 5.74) is 3.36. The third-order valence-corrected chi connectivity index (χ3v) is 11.4. The standard InChI is InChI=1S/C55H37NO2/c1-55(2)46-22-8-6-17-39(46)45-33-38(26-28-47(45)55)56(49-23-12-20-43-40-18-7-9-24-50(40)58-54(43)49)48-29-30-51-53-42(19-11-21-44(48)53)41-27-25-37(32-52(41)57-51)36-16-10-15-35(31-36)34-13-4-3-5-14-34/h3-33H,1-2H3/i6D,7D,8D,9D,12D,17D,18D,20D,22D,23D,24D,26D,28D,33D. The van der Waals surface area contributed by atoms with Crippen LogP contribution < -0.4 is 9.64 Å². The van der Waals surface area contributed by atoms with E-state index in [1.54, 1.807) is 32.0 Å². The molecule has 1 aliphatic heterocycles. The lowest BCUT2D eigenvalue weighted by Gasteiger charge is -2.30. The van der Waals surface area contributed by atoms with Gasteiger partial charge in [0.05, 0.1) is 30.6 Å². The highest BCUT2D eigenvalue weighted by molar-refractivity contribution is 6.14. The van der Waals surface area contributed by atoms with Crippen LogP contribution in [0.3, 0.4) is 0 Å². The molecule has 0 saturated heterocycles. The van der Waals surface area contributed by atoms with Crippen LogP contribution in [-0.4, -0.2) is 0 Å². The quantitative estimate of drug-likeness (QED) is 0.175. The van der Waals surface area contributed by atoms with Gasteiger partial charge in [0.2, 0.25) is 0 Å². The van der Waals surface area contributed by atoms with Gasteiger partial charge >= 0.3 is 0 Å². The number of hydrogen-bond donors (Lipinski definition) is 0. The molecule has 2 aliphatic rings. The first-order valence-electron chi connectivity index (χ1n) is 25.9. The molecule has 0 spiro atoms. The molecule has 2 heterocycles. The Morgan fingerprint density at radius 1 is 0.500 bits per heavy atom. The van der Waals surface area contributed by atoms with E-state index in [0.29, 0.717) is 22.3 Å². The van der Waals surface area contributed by atoms with Gasteiger partial charge in [0, 0.05) is 38.2 Å². The van der Waals surface area contributed by atoms with Crippen molar-refractivity contribution in [2.24, 2.45) is 0 Å². The third-order valence-electron chi connectivity index (χ3n) is 11.4. The van der Waals surface area contributed by atoms with E-state index in [0.717, 1.165) is 33.4 Å². The Kier molecular flexibility index (Phi) is 4.63. The minimum atomic E-state index is -1.28. The molecule has 0 radical (unpaired) electrons. The Bertz CT molecular complexity index is 4110. The highest BCUT2D eigenvalue weighted by atomic mass is 16.5. The summed E-state index contributed by atoms with van der Waals surface area (Å²) in [6.45, 7) is 3.36. The second-order valence-electron chi connectivity index (χ2n) is 15.0. The van der Waals surface area contributed by atoms with Crippen molar-refractivity contribution in [3.63, 3.8) is 0 Å². The molecular weight excluding hydrogens is 707 g/mol. The van der Waals surface area contributed by atoms with E-state index in [2.05, 4.69) is 24.3 Å². The average Bonchev–Trinajstić information content (AvgIpc) is 3.90. The molecule has 0 bridgehead atoms. The molecule has 0 fully saturated rings. The second kappa shape index (κ2) is 12.3. The van der Waals surface area contributed by atoms with E-state index in [-0.39, 0.29) is 67.3 Å². The van der Waals surface area contributed by atoms with Crippen molar-refractivity contribution in [1.82, 2.24) is 0 Å². The maximum absolute atomic E-state index is 10.2. The summed E-state index contributed by atoms with van der Waals surface area (Å²) in [7, 11) is 0. The van der Waals surface area contributed by atoms with Crippen molar-refractivity contribution in [3.05, 3.63) is 199 Å². The van der Waals surface area contributed by atoms with Crippen LogP contribution in [0.5, 0.6) is 11.5 Å². The van der Waals surface area contributed by atoms with Gasteiger partial charge in [0.25, 0.3) is 0 Å². The fourth-order valence-electron chi connectivity index (χ4n) is 8.58. The molecule has 12 rings (SSSR count). The normalized spacial score (nSPS) is 16.7. The monoisotopic (exact) mass is 757 g/mol. The fraction of sp³-hybridized carbons (Fsp3) is 0.0545. The third kappa shape index (κ3) is 4.80. The van der Waals surface area contributed by atoms with E-state index >= 15 is 0 Å². The van der Waals surface area contributed by atoms with E-state index in [1.807, 2.05) is 60.7 Å². The SMILES string of the molecule is [2H]c1c([2H])c([2H])c2c(c1[2H])-c1c([2H])c(N(c3ccc4c5c(cccc35)-c3ccc(-c5cccc(-c6ccccc6)c5)cc3O4)c3c([2H])c([2H])c([2H])c4c3oc3c([2H])c([2H])c([2H])c([2H])c34)c([2H])c([2H])c1C2(C)C. The molecule has 0 atom stereocenters. The van der Waals surface area contributed by atoms with E-state index in [4.69, 9.17) is 21.5 Å². The van der Waals surface area contributed by atoms with Crippen LogP contribution in [0.1, 0.15) is 44.2 Å². The van der Waals surface area contributed by atoms with Crippen LogP contribution in [0.25, 0.3) is 77.2 Å². The molecule has 0 amide bonds. The Morgan fingerprint density at radius 2 is 1.26 bits per heavy atom. The lowest BCUT2D eigenvalue weighted by molar-refractivity contribution is 0.487. The summed E-state index contributed by atoms with van der Waals surface area (Å²) in [6.07, 6.45) is 0. The largest absolute Gasteiger partial charge is 0.456 e. The molecule has 1 aromatic heterocycles. The van der Waals surface area contributed by atoms with Crippen molar-refractivity contribution < 1.29 is 28.3 Å². The number of nitrogens with zero attached hydrogens (tertiary/aromatic N) is 1. The molecule has 1 aliphatic carbocycles. The predicted molar refractivity (Wildman–Crippen MR) is 240 cm³/mol. The maximum atomic E-state index is 10.2. The van der Waals surface area contributed by atoms with Gasteiger partial charge in [-0.2, -0.15) is 0 Å². The van der Waals surface area contributed by atoms with Crippen LogP contribution in [0.2, 0.25) is 0 Å². The van der Waals surface area contributed by atoms with Crippen LogP contribution >= 0.6 is 0 Å². The fourth-order valence-corrected chi connectivity index (χ4v) is 8.58. The van der Waals surface area contributed by atoms with Crippen molar-refractivity contribution >= 4 is 49.8 Å². The zero-order valence-electron chi connectivity index (χ0n) is 45.1. The first kappa shape index (κ1) is 21.8. The van der Waals surface area contributed by atoms with Crippen molar-refractivity contribution in [1.29, 1.82) is 0 Å². The van der Waals surface area contributed by atoms with Crippen LogP contribution in [-0.2, 0) is 5.41 Å². The van der Waals surface area contributed by atoms with Crippen LogP contribution in [0, 0.1) is 0 Å². The molecule has 9 aromatic carbocycles. The number of benzene rings is 9. The van der Waals surface area contributed by atoms with E-state index < -0.39 is 84.0 Å². The smallest absolute Gasteiger partial charge is 0.159 e. The van der Waals surface area contributed by atoms with E-state index in [1.165, 1.54) is 4.90 Å². The number of hydrogen-bond acceptors (Lipinski definition) is 3. The van der Waals surface area contributed by atoms with Gasteiger partial charge in [-0.05, 0) is 105 Å². The molecule has 58 heavy (non-hydrogen) atoms. The Balaban J connectivity index is 1.16. The summed E-state index contributed by atoms with van der Waals surface area (Å²) in [6, 6.07) is 25.7. The number of furan rings is 1. The lowest BCUT2D eigenvalue weighted by Crippen LogP contribution is -2.15. The number of ether oxygens (including phenoxy) is 1. The summed E-state index contributed by atoms with van der Waals surface area (Å²) in [5, 5.41) is 0.627. The zero-order chi connectivity index (χ0) is 50.7. The maximum Gasteiger partial charge on any atom is 0.159 e. The summed E-state index contributed by atoms with van der Waals surface area (Å²) < 4.78 is 141. The lowest BCUT2D eigenvalue weighted by atomic mass is 9.82. The van der Waals surface area contributed by atoms with Crippen molar-refractivity contribution in [2.45, 2.75) is 19.3 Å². The van der Waals surface area contributed by atoms with E-state index in [9.17, 15) is 6.85 Å². The first-order chi connectivity index (χ1) is 34.3. The Morgan fingerprint density at radius 3 is 2.17 bits per heavy atom. The van der Waals surface area contributed by atoms with Crippen LogP contribution in [0.4, 0.5) is 17.1 Å². The zero-order valence-corrected chi connectivity index (χ0v) is 31.1. The minimum Gasteiger partial charge on any atom is -0.456 e.